The third-order valence-electron chi connectivity index (χ3n) is 4.32. The second-order valence-corrected chi connectivity index (χ2v) is 7.83. The quantitative estimate of drug-likeness (QED) is 0.542. The minimum Gasteiger partial charge on any atom is -0.462 e. The number of nitrogens with one attached hydrogen (secondary N) is 1. The molecule has 2 aromatic rings. The van der Waals surface area contributed by atoms with Gasteiger partial charge in [-0.05, 0) is 38.8 Å². The third-order valence-corrected chi connectivity index (χ3v) is 5.51. The maximum atomic E-state index is 12.8. The Balaban J connectivity index is 2.20. The molecule has 2 rings (SSSR count). The minimum absolute atomic E-state index is 0.0504. The molecule has 0 atom stereocenters. The van der Waals surface area contributed by atoms with E-state index in [4.69, 9.17) is 9.47 Å². The lowest BCUT2D eigenvalue weighted by molar-refractivity contribution is -0.141. The second-order valence-electron chi connectivity index (χ2n) is 6.81. The summed E-state index contributed by atoms with van der Waals surface area (Å²) in [6.45, 7) is 6.66. The number of aromatic nitrogens is 2. The molecule has 176 valence electrons. The van der Waals surface area contributed by atoms with E-state index in [0.717, 1.165) is 22.1 Å². The zero-order valence-corrected chi connectivity index (χ0v) is 18.9. The van der Waals surface area contributed by atoms with Gasteiger partial charge in [0, 0.05) is 18.7 Å². The van der Waals surface area contributed by atoms with Crippen LogP contribution < -0.4 is 5.32 Å². The Bertz CT molecular complexity index is 998. The van der Waals surface area contributed by atoms with Crippen LogP contribution in [0, 0.1) is 13.8 Å². The molecule has 1 N–H and O–H groups in total. The summed E-state index contributed by atoms with van der Waals surface area (Å²) in [5.74, 6) is -1.88. The Kier molecular flexibility index (Phi) is 8.42. The van der Waals surface area contributed by atoms with Crippen molar-refractivity contribution in [1.29, 1.82) is 0 Å². The van der Waals surface area contributed by atoms with Crippen molar-refractivity contribution in [1.82, 2.24) is 9.78 Å². The fraction of sp³-hybridized carbons (Fsp3) is 0.500. The van der Waals surface area contributed by atoms with Gasteiger partial charge in [0.1, 0.15) is 9.88 Å². The molecule has 0 fully saturated rings. The number of hydrogen-bond donors (Lipinski definition) is 1. The molecule has 1 amide bonds. The summed E-state index contributed by atoms with van der Waals surface area (Å²) < 4.78 is 49.6. The first kappa shape index (κ1) is 25.4. The molecule has 0 aliphatic rings. The van der Waals surface area contributed by atoms with Gasteiger partial charge in [0.05, 0.1) is 18.8 Å². The number of rotatable bonds is 9. The van der Waals surface area contributed by atoms with Crippen LogP contribution in [-0.2, 0) is 27.0 Å². The fourth-order valence-corrected chi connectivity index (χ4v) is 3.88. The van der Waals surface area contributed by atoms with Crippen LogP contribution in [0.4, 0.5) is 18.2 Å². The number of alkyl halides is 3. The van der Waals surface area contributed by atoms with Crippen LogP contribution >= 0.6 is 11.3 Å². The zero-order chi connectivity index (χ0) is 24.1. The molecule has 0 aromatic carbocycles. The Morgan fingerprint density at radius 2 is 1.84 bits per heavy atom. The summed E-state index contributed by atoms with van der Waals surface area (Å²) in [6, 6.07) is 0.897. The number of amides is 1. The predicted molar refractivity (Wildman–Crippen MR) is 111 cm³/mol. The van der Waals surface area contributed by atoms with Gasteiger partial charge in [-0.2, -0.15) is 18.3 Å². The van der Waals surface area contributed by atoms with E-state index in [-0.39, 0.29) is 47.3 Å². The summed E-state index contributed by atoms with van der Waals surface area (Å²) in [6.07, 6.45) is -4.19. The van der Waals surface area contributed by atoms with E-state index in [1.54, 1.807) is 13.8 Å². The van der Waals surface area contributed by atoms with Crippen molar-refractivity contribution >= 4 is 34.2 Å². The van der Waals surface area contributed by atoms with Crippen LogP contribution in [0.15, 0.2) is 6.07 Å². The minimum atomic E-state index is -4.58. The van der Waals surface area contributed by atoms with Crippen LogP contribution in [-0.4, -0.2) is 40.8 Å². The molecule has 0 unspecified atom stereocenters. The van der Waals surface area contributed by atoms with Gasteiger partial charge in [-0.25, -0.2) is 9.59 Å². The number of ether oxygens (including phenoxy) is 2. The molecule has 0 radical (unpaired) electrons. The monoisotopic (exact) mass is 475 g/mol. The van der Waals surface area contributed by atoms with Crippen LogP contribution in [0.3, 0.4) is 0 Å². The molecule has 0 spiro atoms. The highest BCUT2D eigenvalue weighted by Gasteiger charge is 2.34. The van der Waals surface area contributed by atoms with Gasteiger partial charge in [-0.3, -0.25) is 9.48 Å². The number of esters is 2. The van der Waals surface area contributed by atoms with Gasteiger partial charge in [-0.15, -0.1) is 11.3 Å². The lowest BCUT2D eigenvalue weighted by Gasteiger charge is -2.08. The van der Waals surface area contributed by atoms with Gasteiger partial charge >= 0.3 is 18.1 Å². The number of carbonyl (C=O) groups is 3. The highest BCUT2D eigenvalue weighted by molar-refractivity contribution is 7.18. The van der Waals surface area contributed by atoms with Gasteiger partial charge in [0.2, 0.25) is 5.91 Å². The number of hydrogen-bond acceptors (Lipinski definition) is 7. The summed E-state index contributed by atoms with van der Waals surface area (Å²) in [7, 11) is 0. The second kappa shape index (κ2) is 10.6. The van der Waals surface area contributed by atoms with Crippen molar-refractivity contribution in [2.45, 2.75) is 53.3 Å². The first-order valence-electron chi connectivity index (χ1n) is 9.88. The standard InChI is InChI=1S/C20H24F3N3O5S/c1-5-9-31-18(28)15-12(4)16(19(29)30-6-2)32-17(15)24-14(27)7-8-26-11(3)10-13(25-26)20(21,22)23/h10H,5-9H2,1-4H3,(H,24,27). The summed E-state index contributed by atoms with van der Waals surface area (Å²) in [4.78, 5) is 37.3. The van der Waals surface area contributed by atoms with Gasteiger partial charge in [-0.1, -0.05) is 6.92 Å². The van der Waals surface area contributed by atoms with Gasteiger partial charge in [0.15, 0.2) is 5.69 Å². The zero-order valence-electron chi connectivity index (χ0n) is 18.1. The molecule has 0 aliphatic carbocycles. The van der Waals surface area contributed by atoms with E-state index in [9.17, 15) is 27.6 Å². The molecule has 2 aromatic heterocycles. The topological polar surface area (TPSA) is 99.5 Å². The van der Waals surface area contributed by atoms with Crippen molar-refractivity contribution in [2.24, 2.45) is 0 Å². The molecule has 0 saturated heterocycles. The molecular weight excluding hydrogens is 451 g/mol. The first-order valence-corrected chi connectivity index (χ1v) is 10.7. The van der Waals surface area contributed by atoms with E-state index in [2.05, 4.69) is 10.4 Å². The van der Waals surface area contributed by atoms with Crippen molar-refractivity contribution in [3.8, 4) is 0 Å². The van der Waals surface area contributed by atoms with E-state index in [0.29, 0.717) is 12.0 Å². The Hall–Kier alpha value is -2.89. The number of thiophene rings is 1. The smallest absolute Gasteiger partial charge is 0.435 e. The molecular formula is C20H24F3N3O5S. The van der Waals surface area contributed by atoms with E-state index >= 15 is 0 Å². The van der Waals surface area contributed by atoms with Gasteiger partial charge < -0.3 is 14.8 Å². The number of halogens is 3. The first-order chi connectivity index (χ1) is 15.0. The molecule has 0 aliphatic heterocycles. The highest BCUT2D eigenvalue weighted by Crippen LogP contribution is 2.34. The fourth-order valence-electron chi connectivity index (χ4n) is 2.78. The van der Waals surface area contributed by atoms with E-state index < -0.39 is 29.7 Å². The normalized spacial score (nSPS) is 11.3. The van der Waals surface area contributed by atoms with Gasteiger partial charge in [0.25, 0.3) is 0 Å². The number of aryl methyl sites for hydroxylation is 2. The Morgan fingerprint density at radius 1 is 1.16 bits per heavy atom. The predicted octanol–water partition coefficient (Wildman–Crippen LogP) is 4.35. The maximum Gasteiger partial charge on any atom is 0.435 e. The summed E-state index contributed by atoms with van der Waals surface area (Å²) in [5.41, 5.74) is -0.410. The summed E-state index contributed by atoms with van der Waals surface area (Å²) in [5, 5.41) is 6.16. The molecule has 8 nitrogen and oxygen atoms in total. The number of carbonyl (C=O) groups excluding carboxylic acids is 3. The van der Waals surface area contributed by atoms with Crippen molar-refractivity contribution < 1.29 is 37.0 Å². The van der Waals surface area contributed by atoms with Crippen LogP contribution in [0.2, 0.25) is 0 Å². The number of nitrogens with zero attached hydrogens (tertiary/aromatic N) is 2. The van der Waals surface area contributed by atoms with Crippen LogP contribution in [0.1, 0.15) is 63.7 Å². The van der Waals surface area contributed by atoms with Crippen molar-refractivity contribution in [3.05, 3.63) is 33.5 Å². The largest absolute Gasteiger partial charge is 0.462 e. The van der Waals surface area contributed by atoms with Crippen molar-refractivity contribution in [2.75, 3.05) is 18.5 Å². The van der Waals surface area contributed by atoms with Crippen molar-refractivity contribution in [3.63, 3.8) is 0 Å². The van der Waals surface area contributed by atoms with Crippen LogP contribution in [0.5, 0.6) is 0 Å². The average molecular weight is 475 g/mol. The molecule has 0 saturated carbocycles. The lowest BCUT2D eigenvalue weighted by Crippen LogP contribution is -2.17. The lowest BCUT2D eigenvalue weighted by atomic mass is 10.1. The molecule has 32 heavy (non-hydrogen) atoms. The average Bonchev–Trinajstić information content (AvgIpc) is 3.24. The van der Waals surface area contributed by atoms with E-state index in [1.807, 2.05) is 6.92 Å². The van der Waals surface area contributed by atoms with Crippen LogP contribution in [0.25, 0.3) is 0 Å². The highest BCUT2D eigenvalue weighted by atomic mass is 32.1. The SMILES string of the molecule is CCCOC(=O)c1c(NC(=O)CCn2nc(C(F)(F)F)cc2C)sc(C(=O)OCC)c1C. The molecule has 0 bridgehead atoms. The molecule has 12 heteroatoms. The Morgan fingerprint density at radius 3 is 2.41 bits per heavy atom. The third kappa shape index (κ3) is 6.09. The maximum absolute atomic E-state index is 12.8. The number of anilines is 1. The molecule has 2 heterocycles. The van der Waals surface area contributed by atoms with E-state index in [1.165, 1.54) is 6.92 Å². The summed E-state index contributed by atoms with van der Waals surface area (Å²) >= 11 is 0.878. The Labute approximate surface area is 186 Å².